The molecule has 0 bridgehead atoms. The van der Waals surface area contributed by atoms with E-state index in [-0.39, 0.29) is 17.2 Å². The van der Waals surface area contributed by atoms with Gasteiger partial charge >= 0.3 is 6.03 Å². The van der Waals surface area contributed by atoms with Crippen LogP contribution in [-0.4, -0.2) is 17.2 Å². The fraction of sp³-hybridized carbons (Fsp3) is 0.167. The number of carbonyl (C=O) groups is 2. The van der Waals surface area contributed by atoms with Gasteiger partial charge < -0.3 is 16.0 Å². The molecule has 0 aliphatic carbocycles. The first-order valence-electron chi connectivity index (χ1n) is 9.68. The van der Waals surface area contributed by atoms with E-state index in [1.54, 1.807) is 0 Å². The van der Waals surface area contributed by atoms with Crippen molar-refractivity contribution in [2.24, 2.45) is 0 Å². The van der Waals surface area contributed by atoms with Crippen molar-refractivity contribution < 1.29 is 9.59 Å². The van der Waals surface area contributed by atoms with Gasteiger partial charge in [-0.05, 0) is 68.8 Å². The number of carbonyl (C=O) groups excluding carboxylic acids is 2. The molecular formula is C24H25N3O2S. The summed E-state index contributed by atoms with van der Waals surface area (Å²) in [6, 6.07) is 22.3. The van der Waals surface area contributed by atoms with Gasteiger partial charge in [-0.3, -0.25) is 4.79 Å². The molecule has 0 saturated heterocycles. The van der Waals surface area contributed by atoms with E-state index in [1.807, 2.05) is 93.6 Å². The average Bonchev–Trinajstić information content (AvgIpc) is 2.72. The van der Waals surface area contributed by atoms with Crippen LogP contribution in [0.15, 0.2) is 77.7 Å². The molecule has 3 rings (SSSR count). The predicted molar refractivity (Wildman–Crippen MR) is 125 cm³/mol. The number of nitrogens with one attached hydrogen (secondary N) is 3. The first kappa shape index (κ1) is 21.5. The second kappa shape index (κ2) is 9.98. The van der Waals surface area contributed by atoms with Crippen molar-refractivity contribution in [3.05, 3.63) is 83.9 Å². The number of hydrogen-bond acceptors (Lipinski definition) is 3. The summed E-state index contributed by atoms with van der Waals surface area (Å²) in [4.78, 5) is 25.6. The number of hydrogen-bond donors (Lipinski definition) is 3. The van der Waals surface area contributed by atoms with E-state index in [0.29, 0.717) is 5.69 Å². The molecule has 0 spiro atoms. The Morgan fingerprint density at radius 3 is 2.07 bits per heavy atom. The van der Waals surface area contributed by atoms with Crippen LogP contribution >= 0.6 is 11.8 Å². The van der Waals surface area contributed by atoms with Gasteiger partial charge in [0, 0.05) is 22.0 Å². The predicted octanol–water partition coefficient (Wildman–Crippen LogP) is 6.07. The Morgan fingerprint density at radius 2 is 1.43 bits per heavy atom. The van der Waals surface area contributed by atoms with Crippen LogP contribution in [-0.2, 0) is 4.79 Å². The second-order valence-electron chi connectivity index (χ2n) is 7.04. The first-order chi connectivity index (χ1) is 14.4. The number of anilines is 3. The molecule has 3 aromatic carbocycles. The largest absolute Gasteiger partial charge is 0.325 e. The molecule has 5 nitrogen and oxygen atoms in total. The molecule has 0 aliphatic heterocycles. The molecule has 0 heterocycles. The zero-order valence-electron chi connectivity index (χ0n) is 17.2. The lowest BCUT2D eigenvalue weighted by atomic mass is 10.1. The number of rotatable bonds is 6. The van der Waals surface area contributed by atoms with Gasteiger partial charge in [0.25, 0.3) is 0 Å². The Kier molecular flexibility index (Phi) is 7.14. The van der Waals surface area contributed by atoms with Crippen LogP contribution in [0.25, 0.3) is 0 Å². The summed E-state index contributed by atoms with van der Waals surface area (Å²) in [5.74, 6) is -0.0450. The van der Waals surface area contributed by atoms with Crippen molar-refractivity contribution in [3.63, 3.8) is 0 Å². The molecule has 0 saturated carbocycles. The minimum absolute atomic E-state index is 0.0450. The van der Waals surface area contributed by atoms with Crippen LogP contribution in [0.2, 0.25) is 0 Å². The molecule has 0 radical (unpaired) electrons. The SMILES string of the molecule is Cc1ccc(NC(=O)C(C)Sc2ccc(NC(=O)Nc3ccccc3)cc2)c(C)c1. The smallest absolute Gasteiger partial charge is 0.323 e. The molecule has 0 aliphatic rings. The Labute approximate surface area is 181 Å². The molecular weight excluding hydrogens is 394 g/mol. The van der Waals surface area contributed by atoms with Crippen LogP contribution in [0.4, 0.5) is 21.9 Å². The van der Waals surface area contributed by atoms with E-state index in [2.05, 4.69) is 16.0 Å². The topological polar surface area (TPSA) is 70.2 Å². The lowest BCUT2D eigenvalue weighted by molar-refractivity contribution is -0.115. The van der Waals surface area contributed by atoms with E-state index >= 15 is 0 Å². The summed E-state index contributed by atoms with van der Waals surface area (Å²) >= 11 is 1.47. The van der Waals surface area contributed by atoms with Crippen LogP contribution in [0, 0.1) is 13.8 Å². The summed E-state index contributed by atoms with van der Waals surface area (Å²) in [5, 5.41) is 8.31. The fourth-order valence-corrected chi connectivity index (χ4v) is 3.75. The molecule has 30 heavy (non-hydrogen) atoms. The third kappa shape index (κ3) is 6.12. The van der Waals surface area contributed by atoms with Gasteiger partial charge in [0.05, 0.1) is 5.25 Å². The maximum atomic E-state index is 12.5. The molecule has 1 unspecified atom stereocenters. The highest BCUT2D eigenvalue weighted by Gasteiger charge is 2.15. The van der Waals surface area contributed by atoms with Crippen molar-refractivity contribution in [2.75, 3.05) is 16.0 Å². The number of thioether (sulfide) groups is 1. The Hall–Kier alpha value is -3.25. The van der Waals surface area contributed by atoms with E-state index in [4.69, 9.17) is 0 Å². The van der Waals surface area contributed by atoms with Crippen LogP contribution in [0.5, 0.6) is 0 Å². The second-order valence-corrected chi connectivity index (χ2v) is 8.45. The van der Waals surface area contributed by atoms with E-state index in [1.165, 1.54) is 17.3 Å². The van der Waals surface area contributed by atoms with Gasteiger partial charge in [0.15, 0.2) is 0 Å². The summed E-state index contributed by atoms with van der Waals surface area (Å²) in [6.45, 7) is 5.89. The lowest BCUT2D eigenvalue weighted by Crippen LogP contribution is -2.22. The number of para-hydroxylation sites is 1. The molecule has 3 N–H and O–H groups in total. The molecule has 3 amide bonds. The first-order valence-corrected chi connectivity index (χ1v) is 10.6. The van der Waals surface area contributed by atoms with Gasteiger partial charge in [-0.25, -0.2) is 4.79 Å². The third-order valence-corrected chi connectivity index (χ3v) is 5.58. The number of benzene rings is 3. The van der Waals surface area contributed by atoms with E-state index in [9.17, 15) is 9.59 Å². The zero-order valence-corrected chi connectivity index (χ0v) is 18.0. The summed E-state index contributed by atoms with van der Waals surface area (Å²) in [7, 11) is 0. The highest BCUT2D eigenvalue weighted by Crippen LogP contribution is 2.26. The van der Waals surface area contributed by atoms with Gasteiger partial charge in [0.1, 0.15) is 0 Å². The van der Waals surface area contributed by atoms with Crippen molar-refractivity contribution in [1.29, 1.82) is 0 Å². The van der Waals surface area contributed by atoms with Gasteiger partial charge in [-0.15, -0.1) is 11.8 Å². The average molecular weight is 420 g/mol. The van der Waals surface area contributed by atoms with Gasteiger partial charge in [-0.1, -0.05) is 35.9 Å². The molecule has 0 aromatic heterocycles. The zero-order chi connectivity index (χ0) is 21.5. The molecule has 0 fully saturated rings. The summed E-state index contributed by atoms with van der Waals surface area (Å²) in [6.07, 6.45) is 0. The molecule has 154 valence electrons. The number of urea groups is 1. The van der Waals surface area contributed by atoms with Crippen LogP contribution in [0.1, 0.15) is 18.1 Å². The van der Waals surface area contributed by atoms with Gasteiger partial charge in [0.2, 0.25) is 5.91 Å². The number of amides is 3. The van der Waals surface area contributed by atoms with Gasteiger partial charge in [-0.2, -0.15) is 0 Å². The van der Waals surface area contributed by atoms with E-state index in [0.717, 1.165) is 21.8 Å². The van der Waals surface area contributed by atoms with E-state index < -0.39 is 0 Å². The maximum Gasteiger partial charge on any atom is 0.323 e. The quantitative estimate of drug-likeness (QED) is 0.425. The maximum absolute atomic E-state index is 12.5. The third-order valence-electron chi connectivity index (χ3n) is 4.47. The van der Waals surface area contributed by atoms with Crippen LogP contribution < -0.4 is 16.0 Å². The number of aryl methyl sites for hydroxylation is 2. The minimum Gasteiger partial charge on any atom is -0.325 e. The Balaban J connectivity index is 1.53. The summed E-state index contributed by atoms with van der Waals surface area (Å²) < 4.78 is 0. The fourth-order valence-electron chi connectivity index (χ4n) is 2.88. The summed E-state index contributed by atoms with van der Waals surface area (Å²) in [5.41, 5.74) is 4.46. The molecule has 1 atom stereocenters. The molecule has 6 heteroatoms. The standard InChI is InChI=1S/C24H25N3O2S/c1-16-9-14-22(17(2)15-16)27-23(28)18(3)30-21-12-10-20(11-13-21)26-24(29)25-19-7-5-4-6-8-19/h4-15,18H,1-3H3,(H,27,28)(H2,25,26,29). The van der Waals surface area contributed by atoms with Crippen molar-refractivity contribution in [1.82, 2.24) is 0 Å². The normalized spacial score (nSPS) is 11.4. The highest BCUT2D eigenvalue weighted by molar-refractivity contribution is 8.00. The Bertz CT molecular complexity index is 1020. The molecule has 3 aromatic rings. The van der Waals surface area contributed by atoms with Crippen LogP contribution in [0.3, 0.4) is 0 Å². The van der Waals surface area contributed by atoms with Crippen molar-refractivity contribution in [2.45, 2.75) is 30.9 Å². The Morgan fingerprint density at radius 1 is 0.800 bits per heavy atom. The van der Waals surface area contributed by atoms with Crippen molar-refractivity contribution in [3.8, 4) is 0 Å². The monoisotopic (exact) mass is 419 g/mol. The lowest BCUT2D eigenvalue weighted by Gasteiger charge is -2.14. The minimum atomic E-state index is -0.303. The highest BCUT2D eigenvalue weighted by atomic mass is 32.2. The van der Waals surface area contributed by atoms with Crippen molar-refractivity contribution >= 4 is 40.8 Å².